The molecular formula is C19H20Cl2N2O2. The highest BCUT2D eigenvalue weighted by molar-refractivity contribution is 6.42. The first kappa shape index (κ1) is 16.9. The Balaban J connectivity index is 1.44. The van der Waals surface area contributed by atoms with E-state index in [9.17, 15) is 4.79 Å². The maximum absolute atomic E-state index is 12.5. The lowest BCUT2D eigenvalue weighted by Gasteiger charge is -2.28. The van der Waals surface area contributed by atoms with Gasteiger partial charge in [-0.1, -0.05) is 29.6 Å². The van der Waals surface area contributed by atoms with E-state index in [0.717, 1.165) is 11.8 Å². The zero-order chi connectivity index (χ0) is 17.6. The summed E-state index contributed by atoms with van der Waals surface area (Å²) >= 11 is 11.9. The van der Waals surface area contributed by atoms with Gasteiger partial charge >= 0.3 is 0 Å². The van der Waals surface area contributed by atoms with Crippen LogP contribution in [-0.4, -0.2) is 16.9 Å². The van der Waals surface area contributed by atoms with Gasteiger partial charge < -0.3 is 9.73 Å². The van der Waals surface area contributed by atoms with Crippen molar-refractivity contribution >= 4 is 29.1 Å². The third kappa shape index (κ3) is 3.30. The summed E-state index contributed by atoms with van der Waals surface area (Å²) in [4.78, 5) is 16.8. The fourth-order valence-corrected chi connectivity index (χ4v) is 4.73. The second-order valence-corrected chi connectivity index (χ2v) is 8.08. The molecule has 4 atom stereocenters. The topological polar surface area (TPSA) is 55.1 Å². The molecule has 0 saturated heterocycles. The third-order valence-electron chi connectivity index (χ3n) is 5.70. The summed E-state index contributed by atoms with van der Waals surface area (Å²) in [5.41, 5.74) is 0.977. The minimum Gasteiger partial charge on any atom is -0.444 e. The number of benzene rings is 1. The van der Waals surface area contributed by atoms with E-state index < -0.39 is 0 Å². The molecule has 0 aliphatic heterocycles. The van der Waals surface area contributed by atoms with Crippen LogP contribution in [0.4, 0.5) is 0 Å². The minimum absolute atomic E-state index is 0.160. The van der Waals surface area contributed by atoms with Gasteiger partial charge in [-0.25, -0.2) is 4.98 Å². The Kier molecular flexibility index (Phi) is 4.50. The molecule has 4 nitrogen and oxygen atoms in total. The highest BCUT2D eigenvalue weighted by Gasteiger charge is 2.42. The fourth-order valence-electron chi connectivity index (χ4n) is 4.43. The molecule has 2 bridgehead atoms. The molecule has 4 unspecified atom stereocenters. The molecule has 1 aromatic carbocycles. The molecule has 0 spiro atoms. The lowest BCUT2D eigenvalue weighted by Crippen LogP contribution is -2.40. The van der Waals surface area contributed by atoms with Crippen LogP contribution in [0.15, 0.2) is 28.9 Å². The number of hydrogen-bond donors (Lipinski definition) is 1. The zero-order valence-corrected chi connectivity index (χ0v) is 15.5. The molecule has 2 aliphatic carbocycles. The van der Waals surface area contributed by atoms with Crippen LogP contribution < -0.4 is 5.32 Å². The van der Waals surface area contributed by atoms with Crippen LogP contribution in [-0.2, 0) is 0 Å². The van der Waals surface area contributed by atoms with Crippen molar-refractivity contribution in [2.45, 2.75) is 38.6 Å². The number of carbonyl (C=O) groups excluding carboxylic acids is 1. The summed E-state index contributed by atoms with van der Waals surface area (Å²) in [5.74, 6) is 2.39. The summed E-state index contributed by atoms with van der Waals surface area (Å²) in [6, 6.07) is 5.28. The van der Waals surface area contributed by atoms with E-state index in [2.05, 4.69) is 17.2 Å². The Hall–Kier alpha value is -1.52. The number of nitrogens with zero attached hydrogens (tertiary/aromatic N) is 1. The predicted molar refractivity (Wildman–Crippen MR) is 97.8 cm³/mol. The number of oxazole rings is 1. The Morgan fingerprint density at radius 2 is 2.12 bits per heavy atom. The van der Waals surface area contributed by atoms with Crippen molar-refractivity contribution in [3.8, 4) is 11.5 Å². The Bertz CT molecular complexity index is 804. The Labute approximate surface area is 156 Å². The van der Waals surface area contributed by atoms with Crippen LogP contribution >= 0.6 is 23.2 Å². The number of hydrogen-bond acceptors (Lipinski definition) is 3. The third-order valence-corrected chi connectivity index (χ3v) is 6.44. The molecule has 25 heavy (non-hydrogen) atoms. The normalized spacial score (nSPS) is 26.0. The molecule has 132 valence electrons. The lowest BCUT2D eigenvalue weighted by atomic mass is 9.84. The monoisotopic (exact) mass is 378 g/mol. The molecule has 1 N–H and O–H groups in total. The van der Waals surface area contributed by atoms with Crippen LogP contribution in [0.2, 0.25) is 10.0 Å². The van der Waals surface area contributed by atoms with E-state index in [-0.39, 0.29) is 17.6 Å². The van der Waals surface area contributed by atoms with Gasteiger partial charge in [0, 0.05) is 11.6 Å². The maximum Gasteiger partial charge on any atom is 0.273 e. The van der Waals surface area contributed by atoms with Crippen LogP contribution in [0.3, 0.4) is 0 Å². The molecule has 2 saturated carbocycles. The van der Waals surface area contributed by atoms with E-state index in [1.165, 1.54) is 31.9 Å². The van der Waals surface area contributed by atoms with Crippen molar-refractivity contribution in [2.75, 3.05) is 0 Å². The first-order valence-corrected chi connectivity index (χ1v) is 9.48. The number of nitrogens with one attached hydrogen (secondary N) is 1. The van der Waals surface area contributed by atoms with Gasteiger partial charge in [-0.15, -0.1) is 0 Å². The molecule has 4 rings (SSSR count). The summed E-state index contributed by atoms with van der Waals surface area (Å²) in [7, 11) is 0. The van der Waals surface area contributed by atoms with Crippen molar-refractivity contribution in [3.63, 3.8) is 0 Å². The van der Waals surface area contributed by atoms with Gasteiger partial charge in [0.25, 0.3) is 5.91 Å². The Morgan fingerprint density at radius 1 is 1.28 bits per heavy atom. The van der Waals surface area contributed by atoms with Crippen molar-refractivity contribution in [3.05, 3.63) is 40.2 Å². The highest BCUT2D eigenvalue weighted by atomic mass is 35.5. The molecule has 2 fully saturated rings. The van der Waals surface area contributed by atoms with Crippen molar-refractivity contribution in [1.82, 2.24) is 10.3 Å². The van der Waals surface area contributed by atoms with Gasteiger partial charge in [0.05, 0.1) is 10.0 Å². The van der Waals surface area contributed by atoms with Gasteiger partial charge in [0.2, 0.25) is 5.89 Å². The van der Waals surface area contributed by atoms with Gasteiger partial charge in [0.15, 0.2) is 5.69 Å². The molecule has 2 aliphatic rings. The quantitative estimate of drug-likeness (QED) is 0.794. The molecular weight excluding hydrogens is 359 g/mol. The van der Waals surface area contributed by atoms with Crippen molar-refractivity contribution in [2.24, 2.45) is 17.8 Å². The molecule has 2 aromatic rings. The van der Waals surface area contributed by atoms with E-state index in [1.54, 1.807) is 18.2 Å². The Morgan fingerprint density at radius 3 is 2.80 bits per heavy atom. The first-order chi connectivity index (χ1) is 12.0. The van der Waals surface area contributed by atoms with Crippen LogP contribution in [0.1, 0.15) is 43.1 Å². The summed E-state index contributed by atoms with van der Waals surface area (Å²) in [6.07, 6.45) is 6.62. The average molecular weight is 379 g/mol. The second kappa shape index (κ2) is 6.65. The standard InChI is InChI=1S/C19H20Cl2N2O2/c1-10(14-7-11-2-3-12(14)6-11)22-18(24)17-9-25-19(23-17)13-4-5-15(20)16(21)8-13/h4-5,8-12,14H,2-3,6-7H2,1H3,(H,22,24). The van der Waals surface area contributed by atoms with Gasteiger partial charge in [0.1, 0.15) is 6.26 Å². The van der Waals surface area contributed by atoms with E-state index in [1.807, 2.05) is 0 Å². The molecule has 1 amide bonds. The average Bonchev–Trinajstić information content (AvgIpc) is 3.33. The molecule has 0 radical (unpaired) electrons. The summed E-state index contributed by atoms with van der Waals surface area (Å²) in [6.45, 7) is 2.10. The number of carbonyl (C=O) groups is 1. The number of amides is 1. The van der Waals surface area contributed by atoms with Crippen LogP contribution in [0.25, 0.3) is 11.5 Å². The van der Waals surface area contributed by atoms with Crippen LogP contribution in [0.5, 0.6) is 0 Å². The minimum atomic E-state index is -0.190. The molecule has 6 heteroatoms. The van der Waals surface area contributed by atoms with Gasteiger partial charge in [-0.05, 0) is 62.1 Å². The second-order valence-electron chi connectivity index (χ2n) is 7.27. The summed E-state index contributed by atoms with van der Waals surface area (Å²) < 4.78 is 5.45. The number of fused-ring (bicyclic) bond motifs is 2. The van der Waals surface area contributed by atoms with E-state index in [4.69, 9.17) is 27.6 Å². The van der Waals surface area contributed by atoms with Gasteiger partial charge in [-0.3, -0.25) is 4.79 Å². The SMILES string of the molecule is CC(NC(=O)c1coc(-c2ccc(Cl)c(Cl)c2)n1)C1CC2CCC1C2. The van der Waals surface area contributed by atoms with Gasteiger partial charge in [-0.2, -0.15) is 0 Å². The molecule has 1 aromatic heterocycles. The van der Waals surface area contributed by atoms with Crippen molar-refractivity contribution in [1.29, 1.82) is 0 Å². The number of rotatable bonds is 4. The van der Waals surface area contributed by atoms with Crippen LogP contribution in [0, 0.1) is 17.8 Å². The maximum atomic E-state index is 12.5. The largest absolute Gasteiger partial charge is 0.444 e. The van der Waals surface area contributed by atoms with E-state index >= 15 is 0 Å². The van der Waals surface area contributed by atoms with E-state index in [0.29, 0.717) is 27.4 Å². The zero-order valence-electron chi connectivity index (χ0n) is 14.0. The molecule has 1 heterocycles. The predicted octanol–water partition coefficient (Wildman–Crippen LogP) is 5.20. The smallest absolute Gasteiger partial charge is 0.273 e. The fraction of sp³-hybridized carbons (Fsp3) is 0.474. The number of aromatic nitrogens is 1. The first-order valence-electron chi connectivity index (χ1n) is 8.73. The number of halogens is 2. The summed E-state index contributed by atoms with van der Waals surface area (Å²) in [5, 5.41) is 3.99. The lowest BCUT2D eigenvalue weighted by molar-refractivity contribution is 0.0910. The highest BCUT2D eigenvalue weighted by Crippen LogP contribution is 2.49. The van der Waals surface area contributed by atoms with Crippen molar-refractivity contribution < 1.29 is 9.21 Å².